The molecular formula is C21H22N6O. The molecule has 0 bridgehead atoms. The first-order chi connectivity index (χ1) is 13.6. The average molecular weight is 374 g/mol. The Morgan fingerprint density at radius 2 is 1.75 bits per heavy atom. The van der Waals surface area contributed by atoms with Gasteiger partial charge in [-0.15, -0.1) is 0 Å². The summed E-state index contributed by atoms with van der Waals surface area (Å²) in [5.74, 6) is 0.548. The molecule has 0 saturated heterocycles. The van der Waals surface area contributed by atoms with Gasteiger partial charge < -0.3 is 15.0 Å². The van der Waals surface area contributed by atoms with Gasteiger partial charge in [-0.05, 0) is 35.7 Å². The van der Waals surface area contributed by atoms with Crippen molar-refractivity contribution in [1.82, 2.24) is 19.2 Å². The van der Waals surface area contributed by atoms with Crippen molar-refractivity contribution in [3.63, 3.8) is 0 Å². The maximum absolute atomic E-state index is 12.3. The molecule has 0 aliphatic carbocycles. The standard InChI is InChI=1S/C21H22N6O/c1-15(2)12-27-13-17(11-23-27)16-3-5-18(6-4-16)24-21(28)25-19-7-8-20-22-9-10-26(20)14-19/h3-11,13-15H,12H2,1-2H3,(H2,24,25,28). The fraction of sp³-hybridized carbons (Fsp3) is 0.190. The largest absolute Gasteiger partial charge is 0.323 e. The number of carbonyl (C=O) groups is 1. The smallest absolute Gasteiger partial charge is 0.308 e. The fourth-order valence-electron chi connectivity index (χ4n) is 3.02. The minimum absolute atomic E-state index is 0.294. The van der Waals surface area contributed by atoms with Gasteiger partial charge in [-0.3, -0.25) is 4.68 Å². The quantitative estimate of drug-likeness (QED) is 0.540. The minimum atomic E-state index is -0.294. The lowest BCUT2D eigenvalue weighted by molar-refractivity contribution is 0.262. The van der Waals surface area contributed by atoms with Crippen LogP contribution in [-0.2, 0) is 6.54 Å². The van der Waals surface area contributed by atoms with Crippen LogP contribution < -0.4 is 10.6 Å². The van der Waals surface area contributed by atoms with E-state index in [-0.39, 0.29) is 6.03 Å². The van der Waals surface area contributed by atoms with Gasteiger partial charge in [0, 0.05) is 42.6 Å². The number of fused-ring (bicyclic) bond motifs is 1. The number of hydrogen-bond acceptors (Lipinski definition) is 3. The summed E-state index contributed by atoms with van der Waals surface area (Å²) in [5, 5.41) is 10.1. The van der Waals surface area contributed by atoms with Gasteiger partial charge >= 0.3 is 6.03 Å². The summed E-state index contributed by atoms with van der Waals surface area (Å²) in [5.41, 5.74) is 4.37. The van der Waals surface area contributed by atoms with Crippen LogP contribution in [0.4, 0.5) is 16.2 Å². The Hall–Kier alpha value is -3.61. The number of nitrogens with one attached hydrogen (secondary N) is 2. The number of hydrogen-bond donors (Lipinski definition) is 2. The van der Waals surface area contributed by atoms with Crippen molar-refractivity contribution in [2.24, 2.45) is 5.92 Å². The molecule has 4 aromatic rings. The van der Waals surface area contributed by atoms with Crippen molar-refractivity contribution in [2.45, 2.75) is 20.4 Å². The second kappa shape index (κ2) is 7.56. The molecule has 7 heteroatoms. The number of pyridine rings is 1. The molecular weight excluding hydrogens is 352 g/mol. The Morgan fingerprint density at radius 1 is 1.00 bits per heavy atom. The highest BCUT2D eigenvalue weighted by Gasteiger charge is 2.06. The van der Waals surface area contributed by atoms with Gasteiger partial charge in [0.1, 0.15) is 5.65 Å². The van der Waals surface area contributed by atoms with Crippen LogP contribution in [0.15, 0.2) is 67.4 Å². The number of nitrogens with zero attached hydrogens (tertiary/aromatic N) is 4. The lowest BCUT2D eigenvalue weighted by Gasteiger charge is -2.08. The highest BCUT2D eigenvalue weighted by Crippen LogP contribution is 2.21. The Bertz CT molecular complexity index is 1090. The van der Waals surface area contributed by atoms with Crippen molar-refractivity contribution >= 4 is 23.1 Å². The topological polar surface area (TPSA) is 76.2 Å². The normalized spacial score (nSPS) is 11.1. The first-order valence-corrected chi connectivity index (χ1v) is 9.20. The zero-order valence-corrected chi connectivity index (χ0v) is 15.8. The molecule has 142 valence electrons. The van der Waals surface area contributed by atoms with Crippen LogP contribution in [0.2, 0.25) is 0 Å². The van der Waals surface area contributed by atoms with Crippen molar-refractivity contribution in [1.29, 1.82) is 0 Å². The number of rotatable bonds is 5. The SMILES string of the molecule is CC(C)Cn1cc(-c2ccc(NC(=O)Nc3ccc4nccn4c3)cc2)cn1. The Morgan fingerprint density at radius 3 is 2.54 bits per heavy atom. The van der Waals surface area contributed by atoms with E-state index in [4.69, 9.17) is 0 Å². The molecule has 0 saturated carbocycles. The fourth-order valence-corrected chi connectivity index (χ4v) is 3.02. The second-order valence-electron chi connectivity index (χ2n) is 7.11. The summed E-state index contributed by atoms with van der Waals surface area (Å²) in [6.45, 7) is 5.23. The Labute approximate surface area is 163 Å². The number of benzene rings is 1. The molecule has 2 N–H and O–H groups in total. The van der Waals surface area contributed by atoms with Crippen LogP contribution in [0, 0.1) is 5.92 Å². The summed E-state index contributed by atoms with van der Waals surface area (Å²) >= 11 is 0. The monoisotopic (exact) mass is 374 g/mol. The lowest BCUT2D eigenvalue weighted by atomic mass is 10.1. The molecule has 0 atom stereocenters. The van der Waals surface area contributed by atoms with Crippen molar-refractivity contribution in [3.05, 3.63) is 67.4 Å². The molecule has 28 heavy (non-hydrogen) atoms. The number of anilines is 2. The summed E-state index contributed by atoms with van der Waals surface area (Å²) in [7, 11) is 0. The van der Waals surface area contributed by atoms with Crippen molar-refractivity contribution in [2.75, 3.05) is 10.6 Å². The molecule has 0 radical (unpaired) electrons. The molecule has 4 rings (SSSR count). The average Bonchev–Trinajstić information content (AvgIpc) is 3.30. The molecule has 3 heterocycles. The number of urea groups is 1. The third-order valence-corrected chi connectivity index (χ3v) is 4.31. The van der Waals surface area contributed by atoms with Crippen LogP contribution in [-0.4, -0.2) is 25.2 Å². The molecule has 7 nitrogen and oxygen atoms in total. The number of aromatic nitrogens is 4. The van der Waals surface area contributed by atoms with Gasteiger partial charge in [0.2, 0.25) is 0 Å². The summed E-state index contributed by atoms with van der Waals surface area (Å²) in [4.78, 5) is 16.4. The summed E-state index contributed by atoms with van der Waals surface area (Å²) in [6, 6.07) is 11.1. The second-order valence-corrected chi connectivity index (χ2v) is 7.11. The molecule has 0 aliphatic heterocycles. The first kappa shape index (κ1) is 17.8. The highest BCUT2D eigenvalue weighted by molar-refractivity contribution is 5.99. The van der Waals surface area contributed by atoms with E-state index in [2.05, 4.69) is 34.6 Å². The highest BCUT2D eigenvalue weighted by atomic mass is 16.2. The number of carbonyl (C=O) groups excluding carboxylic acids is 1. The minimum Gasteiger partial charge on any atom is -0.308 e. The van der Waals surface area contributed by atoms with Crippen LogP contribution in [0.5, 0.6) is 0 Å². The van der Waals surface area contributed by atoms with E-state index in [0.717, 1.165) is 29.0 Å². The van der Waals surface area contributed by atoms with E-state index in [1.165, 1.54) is 0 Å². The maximum atomic E-state index is 12.3. The maximum Gasteiger partial charge on any atom is 0.323 e. The van der Waals surface area contributed by atoms with E-state index in [1.54, 1.807) is 6.20 Å². The van der Waals surface area contributed by atoms with Crippen LogP contribution in [0.25, 0.3) is 16.8 Å². The first-order valence-electron chi connectivity index (χ1n) is 9.20. The van der Waals surface area contributed by atoms with Crippen molar-refractivity contribution in [3.8, 4) is 11.1 Å². The summed E-state index contributed by atoms with van der Waals surface area (Å²) < 4.78 is 3.81. The van der Waals surface area contributed by atoms with Gasteiger partial charge in [-0.25, -0.2) is 9.78 Å². The third kappa shape index (κ3) is 4.03. The molecule has 1 aromatic carbocycles. The van der Waals surface area contributed by atoms with E-state index in [0.29, 0.717) is 11.6 Å². The Kier molecular flexibility index (Phi) is 4.80. The van der Waals surface area contributed by atoms with Gasteiger partial charge in [-0.1, -0.05) is 26.0 Å². The number of amides is 2. The number of imidazole rings is 1. The van der Waals surface area contributed by atoms with Crippen LogP contribution >= 0.6 is 0 Å². The van der Waals surface area contributed by atoms with Gasteiger partial charge in [0.25, 0.3) is 0 Å². The molecule has 0 aliphatic rings. The summed E-state index contributed by atoms with van der Waals surface area (Å²) in [6.07, 6.45) is 9.28. The Balaban J connectivity index is 1.39. The van der Waals surface area contributed by atoms with E-state index in [9.17, 15) is 4.79 Å². The van der Waals surface area contributed by atoms with Gasteiger partial charge in [-0.2, -0.15) is 5.10 Å². The van der Waals surface area contributed by atoms with Crippen LogP contribution in [0.3, 0.4) is 0 Å². The zero-order chi connectivity index (χ0) is 19.5. The predicted octanol–water partition coefficient (Wildman–Crippen LogP) is 4.50. The third-order valence-electron chi connectivity index (χ3n) is 4.31. The lowest BCUT2D eigenvalue weighted by Crippen LogP contribution is -2.19. The molecule has 0 spiro atoms. The van der Waals surface area contributed by atoms with Crippen LogP contribution in [0.1, 0.15) is 13.8 Å². The molecule has 3 aromatic heterocycles. The predicted molar refractivity (Wildman–Crippen MR) is 110 cm³/mol. The van der Waals surface area contributed by atoms with Gasteiger partial charge in [0.15, 0.2) is 0 Å². The zero-order valence-electron chi connectivity index (χ0n) is 15.8. The van der Waals surface area contributed by atoms with Crippen molar-refractivity contribution < 1.29 is 4.79 Å². The molecule has 2 amide bonds. The van der Waals surface area contributed by atoms with E-state index >= 15 is 0 Å². The van der Waals surface area contributed by atoms with E-state index in [1.807, 2.05) is 70.3 Å². The van der Waals surface area contributed by atoms with Gasteiger partial charge in [0.05, 0.1) is 11.9 Å². The molecule has 0 unspecified atom stereocenters. The van der Waals surface area contributed by atoms with E-state index < -0.39 is 0 Å². The molecule has 0 fully saturated rings.